The lowest BCUT2D eigenvalue weighted by Crippen LogP contribution is -2.33. The Hall–Kier alpha value is -3.68. The number of benzene rings is 2. The van der Waals surface area contributed by atoms with Crippen molar-refractivity contribution in [2.45, 2.75) is 13.8 Å². The number of nitrogens with zero attached hydrogens (tertiary/aromatic N) is 2. The molecule has 4 aromatic rings. The first-order valence-electron chi connectivity index (χ1n) is 7.72. The highest BCUT2D eigenvalue weighted by Gasteiger charge is 2.21. The SMILES string of the molecule is CC(=O)On1c(=O)c2cccc3c2c2c(cccc21)c(=O)n3OC(C)=O. The van der Waals surface area contributed by atoms with Crippen molar-refractivity contribution in [2.75, 3.05) is 0 Å². The molecule has 0 fully saturated rings. The number of carbonyl (C=O) groups is 2. The van der Waals surface area contributed by atoms with E-state index in [1.165, 1.54) is 13.8 Å². The fraction of sp³-hybridized carbons (Fsp3) is 0.111. The lowest BCUT2D eigenvalue weighted by atomic mass is 10.0. The summed E-state index contributed by atoms with van der Waals surface area (Å²) in [6.45, 7) is 2.37. The molecular formula is C18H12N2O6. The number of aromatic nitrogens is 2. The molecular weight excluding hydrogens is 340 g/mol. The van der Waals surface area contributed by atoms with Gasteiger partial charge in [-0.1, -0.05) is 12.1 Å². The molecule has 0 amide bonds. The summed E-state index contributed by atoms with van der Waals surface area (Å²) >= 11 is 0. The summed E-state index contributed by atoms with van der Waals surface area (Å²) in [6.07, 6.45) is 0. The second-order valence-corrected chi connectivity index (χ2v) is 5.76. The van der Waals surface area contributed by atoms with E-state index in [0.29, 0.717) is 10.8 Å². The summed E-state index contributed by atoms with van der Waals surface area (Å²) in [5.74, 6) is -1.33. The van der Waals surface area contributed by atoms with Crippen LogP contribution in [0.1, 0.15) is 13.8 Å². The van der Waals surface area contributed by atoms with Crippen molar-refractivity contribution in [3.63, 3.8) is 0 Å². The molecule has 0 atom stereocenters. The van der Waals surface area contributed by atoms with Gasteiger partial charge in [-0.15, -0.1) is 9.46 Å². The molecule has 2 aromatic carbocycles. The van der Waals surface area contributed by atoms with Crippen LogP contribution in [0, 0.1) is 0 Å². The van der Waals surface area contributed by atoms with Crippen molar-refractivity contribution >= 4 is 44.5 Å². The van der Waals surface area contributed by atoms with E-state index in [0.717, 1.165) is 9.46 Å². The Bertz CT molecular complexity index is 1230. The van der Waals surface area contributed by atoms with Crippen LogP contribution in [0.15, 0.2) is 46.0 Å². The number of carbonyl (C=O) groups excluding carboxylic acids is 2. The zero-order chi connectivity index (χ0) is 18.6. The van der Waals surface area contributed by atoms with Crippen LogP contribution in [-0.4, -0.2) is 21.4 Å². The molecule has 0 saturated heterocycles. The van der Waals surface area contributed by atoms with Crippen LogP contribution in [-0.2, 0) is 9.59 Å². The molecule has 0 aliphatic carbocycles. The fourth-order valence-electron chi connectivity index (χ4n) is 3.18. The van der Waals surface area contributed by atoms with E-state index < -0.39 is 23.1 Å². The highest BCUT2D eigenvalue weighted by Crippen LogP contribution is 2.30. The van der Waals surface area contributed by atoms with E-state index in [1.54, 1.807) is 36.4 Å². The van der Waals surface area contributed by atoms with Crippen LogP contribution in [0.5, 0.6) is 0 Å². The number of rotatable bonds is 2. The monoisotopic (exact) mass is 352 g/mol. The maximum Gasteiger partial charge on any atom is 0.330 e. The van der Waals surface area contributed by atoms with Crippen LogP contribution in [0.25, 0.3) is 32.6 Å². The first-order valence-corrected chi connectivity index (χ1v) is 7.72. The molecule has 130 valence electrons. The summed E-state index contributed by atoms with van der Waals surface area (Å²) in [5.41, 5.74) is -0.561. The molecule has 8 heteroatoms. The molecule has 0 radical (unpaired) electrons. The van der Waals surface area contributed by atoms with Gasteiger partial charge in [-0.3, -0.25) is 9.59 Å². The maximum atomic E-state index is 12.9. The Morgan fingerprint density at radius 3 is 1.46 bits per heavy atom. The van der Waals surface area contributed by atoms with Crippen molar-refractivity contribution in [3.05, 3.63) is 57.1 Å². The van der Waals surface area contributed by atoms with Crippen molar-refractivity contribution in [1.29, 1.82) is 0 Å². The van der Waals surface area contributed by atoms with E-state index in [9.17, 15) is 19.2 Å². The van der Waals surface area contributed by atoms with E-state index in [1.807, 2.05) is 0 Å². The largest absolute Gasteiger partial charge is 0.333 e. The predicted molar refractivity (Wildman–Crippen MR) is 93.2 cm³/mol. The molecule has 26 heavy (non-hydrogen) atoms. The average Bonchev–Trinajstić information content (AvgIpc) is 2.60. The van der Waals surface area contributed by atoms with Gasteiger partial charge in [0.2, 0.25) is 0 Å². The summed E-state index contributed by atoms with van der Waals surface area (Å²) in [6, 6.07) is 9.38. The zero-order valence-electron chi connectivity index (χ0n) is 13.8. The first-order chi connectivity index (χ1) is 12.4. The van der Waals surface area contributed by atoms with Gasteiger partial charge in [-0.2, -0.15) is 0 Å². The molecule has 2 aromatic heterocycles. The van der Waals surface area contributed by atoms with Gasteiger partial charge in [0, 0.05) is 24.6 Å². The lowest BCUT2D eigenvalue weighted by molar-refractivity contribution is -0.142. The second kappa shape index (κ2) is 5.41. The quantitative estimate of drug-likeness (QED) is 0.497. The van der Waals surface area contributed by atoms with Crippen molar-refractivity contribution in [3.8, 4) is 0 Å². The minimum Gasteiger partial charge on any atom is -0.333 e. The highest BCUT2D eigenvalue weighted by atomic mass is 16.7. The minimum absolute atomic E-state index is 0.230. The van der Waals surface area contributed by atoms with Crippen molar-refractivity contribution in [2.24, 2.45) is 0 Å². The highest BCUT2D eigenvalue weighted by molar-refractivity contribution is 6.20. The first kappa shape index (κ1) is 15.8. The molecule has 8 nitrogen and oxygen atoms in total. The van der Waals surface area contributed by atoms with E-state index >= 15 is 0 Å². The zero-order valence-corrected chi connectivity index (χ0v) is 13.8. The molecule has 0 spiro atoms. The van der Waals surface area contributed by atoms with Gasteiger partial charge >= 0.3 is 11.9 Å². The Morgan fingerprint density at radius 2 is 1.12 bits per heavy atom. The molecule has 2 heterocycles. The Labute approximate surface area is 145 Å². The third-order valence-electron chi connectivity index (χ3n) is 4.04. The Balaban J connectivity index is 2.33. The maximum absolute atomic E-state index is 12.9. The predicted octanol–water partition coefficient (Wildman–Crippen LogP) is 0.858. The number of hydrogen-bond donors (Lipinski definition) is 0. The normalized spacial score (nSPS) is 11.3. The summed E-state index contributed by atoms with van der Waals surface area (Å²) in [7, 11) is 0. The number of hydrogen-bond acceptors (Lipinski definition) is 6. The Morgan fingerprint density at radius 1 is 0.731 bits per heavy atom. The van der Waals surface area contributed by atoms with E-state index in [4.69, 9.17) is 9.68 Å². The van der Waals surface area contributed by atoms with Gasteiger partial charge in [0.25, 0.3) is 11.1 Å². The van der Waals surface area contributed by atoms with E-state index in [2.05, 4.69) is 0 Å². The Kier molecular flexibility index (Phi) is 3.30. The second-order valence-electron chi connectivity index (χ2n) is 5.76. The van der Waals surface area contributed by atoms with Crippen LogP contribution in [0.3, 0.4) is 0 Å². The summed E-state index contributed by atoms with van der Waals surface area (Å²) in [4.78, 5) is 58.7. The van der Waals surface area contributed by atoms with Gasteiger partial charge in [0.15, 0.2) is 0 Å². The van der Waals surface area contributed by atoms with Gasteiger partial charge in [-0.25, -0.2) is 9.59 Å². The van der Waals surface area contributed by atoms with Gasteiger partial charge in [-0.05, 0) is 24.3 Å². The standard InChI is InChI=1S/C18H12N2O6/c1-9(21)25-19-13-7-3-6-12-15(13)16-11(17(19)23)5-4-8-14(16)20(18(12)24)26-10(2)22/h3-8H,1-2H3. The van der Waals surface area contributed by atoms with E-state index in [-0.39, 0.29) is 21.8 Å². The molecule has 0 aliphatic heterocycles. The lowest BCUT2D eigenvalue weighted by Gasteiger charge is -2.17. The third kappa shape index (κ3) is 2.08. The summed E-state index contributed by atoms with van der Waals surface area (Å²) in [5, 5.41) is 1.36. The third-order valence-corrected chi connectivity index (χ3v) is 4.04. The molecule has 0 aliphatic rings. The number of pyridine rings is 2. The van der Waals surface area contributed by atoms with Gasteiger partial charge < -0.3 is 9.68 Å². The smallest absolute Gasteiger partial charge is 0.330 e. The molecule has 0 saturated carbocycles. The molecule has 0 unspecified atom stereocenters. The van der Waals surface area contributed by atoms with Crippen LogP contribution < -0.4 is 20.8 Å². The van der Waals surface area contributed by atoms with Crippen molar-refractivity contribution < 1.29 is 19.3 Å². The molecule has 0 N–H and O–H groups in total. The van der Waals surface area contributed by atoms with Gasteiger partial charge in [0.05, 0.1) is 21.8 Å². The molecule has 0 bridgehead atoms. The fourth-order valence-corrected chi connectivity index (χ4v) is 3.18. The topological polar surface area (TPSA) is 96.6 Å². The van der Waals surface area contributed by atoms with Crippen LogP contribution in [0.2, 0.25) is 0 Å². The average molecular weight is 352 g/mol. The minimum atomic E-state index is -0.667. The summed E-state index contributed by atoms with van der Waals surface area (Å²) < 4.78 is 1.75. The van der Waals surface area contributed by atoms with Crippen LogP contribution >= 0.6 is 0 Å². The van der Waals surface area contributed by atoms with Crippen LogP contribution in [0.4, 0.5) is 0 Å². The van der Waals surface area contributed by atoms with Gasteiger partial charge in [0.1, 0.15) is 0 Å². The van der Waals surface area contributed by atoms with Crippen molar-refractivity contribution in [1.82, 2.24) is 9.46 Å². The molecule has 4 rings (SSSR count).